The average Bonchev–Trinajstić information content (AvgIpc) is 3.65. The zero-order chi connectivity index (χ0) is 27.3. The van der Waals surface area contributed by atoms with Crippen molar-refractivity contribution in [3.05, 3.63) is 64.8 Å². The zero-order valence-corrected chi connectivity index (χ0v) is 23.7. The molecule has 4 heterocycles. The van der Waals surface area contributed by atoms with Crippen molar-refractivity contribution in [2.24, 2.45) is 0 Å². The van der Waals surface area contributed by atoms with Crippen molar-refractivity contribution < 1.29 is 19.1 Å². The molecule has 0 bridgehead atoms. The van der Waals surface area contributed by atoms with Gasteiger partial charge in [-0.25, -0.2) is 4.68 Å². The highest BCUT2D eigenvalue weighted by atomic mass is 32.2. The molecule has 1 saturated heterocycles. The second kappa shape index (κ2) is 9.93. The van der Waals surface area contributed by atoms with E-state index >= 15 is 0 Å². The summed E-state index contributed by atoms with van der Waals surface area (Å²) >= 11 is 1.57. The minimum absolute atomic E-state index is 0.00133. The second-order valence-electron chi connectivity index (χ2n) is 11.5. The molecular formula is C30H34N4O4S. The molecule has 204 valence electrons. The Balaban J connectivity index is 1.57. The Morgan fingerprint density at radius 3 is 2.59 bits per heavy atom. The van der Waals surface area contributed by atoms with E-state index in [1.165, 1.54) is 0 Å². The number of amides is 2. The number of ether oxygens (including phenoxy) is 2. The lowest BCUT2D eigenvalue weighted by Crippen LogP contribution is -2.43. The number of benzene rings is 2. The van der Waals surface area contributed by atoms with E-state index in [1.54, 1.807) is 16.7 Å². The van der Waals surface area contributed by atoms with Crippen LogP contribution >= 0.6 is 11.8 Å². The van der Waals surface area contributed by atoms with Gasteiger partial charge in [-0.2, -0.15) is 5.10 Å². The monoisotopic (exact) mass is 546 g/mol. The number of nitrogens with zero attached hydrogens (tertiary/aromatic N) is 4. The predicted octanol–water partition coefficient (Wildman–Crippen LogP) is 5.00. The van der Waals surface area contributed by atoms with Gasteiger partial charge in [0.25, 0.3) is 0 Å². The van der Waals surface area contributed by atoms with Crippen LogP contribution in [0.2, 0.25) is 0 Å². The van der Waals surface area contributed by atoms with Crippen molar-refractivity contribution in [1.29, 1.82) is 0 Å². The minimum atomic E-state index is -0.313. The van der Waals surface area contributed by atoms with Crippen molar-refractivity contribution in [2.45, 2.75) is 51.2 Å². The maximum Gasteiger partial charge on any atom is 0.242 e. The molecule has 8 nitrogen and oxygen atoms in total. The molecule has 0 radical (unpaired) electrons. The molecule has 0 saturated carbocycles. The third kappa shape index (κ3) is 4.77. The lowest BCUT2D eigenvalue weighted by molar-refractivity contribution is -0.130. The SMILES string of the molecule is Cc1cccc(-n2nc(C(C)(C)C)c3c2N(CC(=O)N2CCCC2)C(=O)CS[C@@H]3c2ccc3c(c2)OCO3)c1. The first kappa shape index (κ1) is 25.8. The Hall–Kier alpha value is -3.46. The Labute approximate surface area is 233 Å². The number of likely N-dealkylation sites (tertiary alicyclic amines) is 1. The van der Waals surface area contributed by atoms with E-state index in [9.17, 15) is 9.59 Å². The van der Waals surface area contributed by atoms with Gasteiger partial charge in [0, 0.05) is 24.1 Å². The summed E-state index contributed by atoms with van der Waals surface area (Å²) in [6, 6.07) is 14.1. The number of hydrogen-bond acceptors (Lipinski definition) is 6. The Bertz CT molecular complexity index is 1440. The van der Waals surface area contributed by atoms with E-state index in [-0.39, 0.29) is 41.6 Å². The molecule has 0 aliphatic carbocycles. The van der Waals surface area contributed by atoms with Crippen LogP contribution in [-0.2, 0) is 15.0 Å². The van der Waals surface area contributed by atoms with Crippen molar-refractivity contribution in [3.63, 3.8) is 0 Å². The van der Waals surface area contributed by atoms with Crippen LogP contribution < -0.4 is 14.4 Å². The Morgan fingerprint density at radius 1 is 1.08 bits per heavy atom. The summed E-state index contributed by atoms with van der Waals surface area (Å²) in [5, 5.41) is 5.00. The predicted molar refractivity (Wildman–Crippen MR) is 152 cm³/mol. The highest BCUT2D eigenvalue weighted by Crippen LogP contribution is 2.50. The fourth-order valence-corrected chi connectivity index (χ4v) is 6.74. The summed E-state index contributed by atoms with van der Waals surface area (Å²) in [6.45, 7) is 10.2. The van der Waals surface area contributed by atoms with Gasteiger partial charge in [-0.15, -0.1) is 11.8 Å². The second-order valence-corrected chi connectivity index (χ2v) is 12.6. The van der Waals surface area contributed by atoms with Gasteiger partial charge in [-0.1, -0.05) is 39.0 Å². The molecular weight excluding hydrogens is 512 g/mol. The average molecular weight is 547 g/mol. The van der Waals surface area contributed by atoms with E-state index < -0.39 is 0 Å². The summed E-state index contributed by atoms with van der Waals surface area (Å²) in [7, 11) is 0. The summed E-state index contributed by atoms with van der Waals surface area (Å²) in [5.41, 5.74) is 4.53. The van der Waals surface area contributed by atoms with Gasteiger partial charge in [0.05, 0.1) is 22.4 Å². The highest BCUT2D eigenvalue weighted by Gasteiger charge is 2.40. The smallest absolute Gasteiger partial charge is 0.242 e. The molecule has 3 aromatic rings. The van der Waals surface area contributed by atoms with E-state index in [1.807, 2.05) is 52.9 Å². The van der Waals surface area contributed by atoms with Crippen LogP contribution in [0.1, 0.15) is 61.2 Å². The van der Waals surface area contributed by atoms with Gasteiger partial charge in [0.1, 0.15) is 12.4 Å². The van der Waals surface area contributed by atoms with E-state index in [4.69, 9.17) is 14.6 Å². The molecule has 0 unspecified atom stereocenters. The van der Waals surface area contributed by atoms with Gasteiger partial charge in [0.2, 0.25) is 18.6 Å². The number of thioether (sulfide) groups is 1. The molecule has 39 heavy (non-hydrogen) atoms. The zero-order valence-electron chi connectivity index (χ0n) is 22.9. The van der Waals surface area contributed by atoms with Gasteiger partial charge < -0.3 is 14.4 Å². The van der Waals surface area contributed by atoms with E-state index in [2.05, 4.69) is 26.8 Å². The number of aromatic nitrogens is 2. The summed E-state index contributed by atoms with van der Waals surface area (Å²) in [5.74, 6) is 2.24. The van der Waals surface area contributed by atoms with Crippen molar-refractivity contribution in [3.8, 4) is 17.2 Å². The standard InChI is InChI=1S/C30H34N4O4S/c1-19-8-7-9-21(14-19)34-29-26(28(31-34)30(2,3)4)27(20-10-11-22-23(15-20)38-18-37-22)39-17-25(36)33(29)16-24(35)32-12-5-6-13-32/h7-11,14-15,27H,5-6,12-13,16-18H2,1-4H3/t27-/m1/s1. The lowest BCUT2D eigenvalue weighted by atomic mass is 9.87. The summed E-state index contributed by atoms with van der Waals surface area (Å²) < 4.78 is 13.1. The molecule has 0 spiro atoms. The van der Waals surface area contributed by atoms with Crippen LogP contribution in [0.4, 0.5) is 5.82 Å². The largest absolute Gasteiger partial charge is 0.454 e. The molecule has 1 fully saturated rings. The molecule has 9 heteroatoms. The lowest BCUT2D eigenvalue weighted by Gasteiger charge is -2.26. The molecule has 0 N–H and O–H groups in total. The molecule has 2 aromatic carbocycles. The number of rotatable bonds is 4. The normalized spacial score (nSPS) is 18.9. The molecule has 1 atom stereocenters. The topological polar surface area (TPSA) is 76.9 Å². The minimum Gasteiger partial charge on any atom is -0.454 e. The van der Waals surface area contributed by atoms with Gasteiger partial charge in [0.15, 0.2) is 11.5 Å². The first-order chi connectivity index (χ1) is 18.7. The quantitative estimate of drug-likeness (QED) is 0.459. The third-order valence-electron chi connectivity index (χ3n) is 7.50. The van der Waals surface area contributed by atoms with Crippen LogP contribution in [-0.4, -0.2) is 58.7 Å². The summed E-state index contributed by atoms with van der Waals surface area (Å²) in [6.07, 6.45) is 2.00. The van der Waals surface area contributed by atoms with Crippen LogP contribution in [0.3, 0.4) is 0 Å². The number of aryl methyl sites for hydroxylation is 1. The molecule has 1 aromatic heterocycles. The summed E-state index contributed by atoms with van der Waals surface area (Å²) in [4.78, 5) is 30.8. The van der Waals surface area contributed by atoms with Crippen molar-refractivity contribution >= 4 is 29.4 Å². The van der Waals surface area contributed by atoms with Gasteiger partial charge in [-0.05, 0) is 55.2 Å². The van der Waals surface area contributed by atoms with E-state index in [0.29, 0.717) is 11.6 Å². The Morgan fingerprint density at radius 2 is 1.85 bits per heavy atom. The number of carbonyl (C=O) groups is 2. The highest BCUT2D eigenvalue weighted by molar-refractivity contribution is 8.00. The number of hydrogen-bond donors (Lipinski definition) is 0. The van der Waals surface area contributed by atoms with Crippen LogP contribution in [0.15, 0.2) is 42.5 Å². The van der Waals surface area contributed by atoms with Crippen LogP contribution in [0.25, 0.3) is 5.69 Å². The van der Waals surface area contributed by atoms with E-state index in [0.717, 1.165) is 59.8 Å². The van der Waals surface area contributed by atoms with Crippen molar-refractivity contribution in [2.75, 3.05) is 37.1 Å². The maximum atomic E-state index is 13.8. The molecule has 6 rings (SSSR count). The first-order valence-electron chi connectivity index (χ1n) is 13.5. The fraction of sp³-hybridized carbons (Fsp3) is 0.433. The fourth-order valence-electron chi connectivity index (χ4n) is 5.55. The Kier molecular flexibility index (Phi) is 6.57. The molecule has 3 aliphatic heterocycles. The van der Waals surface area contributed by atoms with Crippen molar-refractivity contribution in [1.82, 2.24) is 14.7 Å². The number of carbonyl (C=O) groups excluding carboxylic acids is 2. The third-order valence-corrected chi connectivity index (χ3v) is 8.75. The van der Waals surface area contributed by atoms with Gasteiger partial charge >= 0.3 is 0 Å². The molecule has 3 aliphatic rings. The van der Waals surface area contributed by atoms with Crippen LogP contribution in [0, 0.1) is 6.92 Å². The maximum absolute atomic E-state index is 13.8. The van der Waals surface area contributed by atoms with Gasteiger partial charge in [-0.3, -0.25) is 14.5 Å². The molecule has 2 amide bonds. The number of anilines is 1. The first-order valence-corrected chi connectivity index (χ1v) is 14.6. The number of fused-ring (bicyclic) bond motifs is 2. The van der Waals surface area contributed by atoms with Crippen LogP contribution in [0.5, 0.6) is 11.5 Å².